The van der Waals surface area contributed by atoms with Gasteiger partial charge in [0.05, 0.1) is 0 Å². The van der Waals surface area contributed by atoms with Crippen molar-refractivity contribution in [1.29, 1.82) is 0 Å². The van der Waals surface area contributed by atoms with Crippen LogP contribution in [0.5, 0.6) is 0 Å². The summed E-state index contributed by atoms with van der Waals surface area (Å²) in [5, 5.41) is 0. The molecule has 0 aromatic rings. The third-order valence-electron chi connectivity index (χ3n) is 3.14. The fourth-order valence-corrected chi connectivity index (χ4v) is 2.14. The van der Waals surface area contributed by atoms with E-state index in [-0.39, 0.29) is 6.04 Å². The van der Waals surface area contributed by atoms with Crippen LogP contribution < -0.4 is 5.73 Å². The van der Waals surface area contributed by atoms with Crippen LogP contribution in [0.4, 0.5) is 0 Å². The van der Waals surface area contributed by atoms with Gasteiger partial charge in [0, 0.05) is 25.6 Å². The topological polar surface area (TPSA) is 46.3 Å². The van der Waals surface area contributed by atoms with Gasteiger partial charge in [0.2, 0.25) is 5.91 Å². The minimum Gasteiger partial charge on any atom is -0.342 e. The van der Waals surface area contributed by atoms with Crippen LogP contribution in [0.3, 0.4) is 0 Å². The molecular weight excluding hydrogens is 188 g/mol. The quantitative estimate of drug-likeness (QED) is 0.772. The lowest BCUT2D eigenvalue weighted by Gasteiger charge is -2.35. The van der Waals surface area contributed by atoms with Crippen LogP contribution in [-0.2, 0) is 4.79 Å². The Hall–Kier alpha value is -0.570. The lowest BCUT2D eigenvalue weighted by Crippen LogP contribution is -2.45. The number of carbonyl (C=O) groups excluding carboxylic acids is 1. The summed E-state index contributed by atoms with van der Waals surface area (Å²) in [5.41, 5.74) is 5.89. The van der Waals surface area contributed by atoms with E-state index in [2.05, 4.69) is 13.8 Å². The largest absolute Gasteiger partial charge is 0.342 e. The number of piperidine rings is 1. The Morgan fingerprint density at radius 1 is 1.47 bits per heavy atom. The van der Waals surface area contributed by atoms with Crippen LogP contribution in [0.1, 0.15) is 40.0 Å². The van der Waals surface area contributed by atoms with Crippen molar-refractivity contribution in [1.82, 2.24) is 4.90 Å². The van der Waals surface area contributed by atoms with Gasteiger partial charge in [-0.2, -0.15) is 0 Å². The van der Waals surface area contributed by atoms with Gasteiger partial charge in [0.15, 0.2) is 0 Å². The van der Waals surface area contributed by atoms with Crippen LogP contribution >= 0.6 is 0 Å². The molecule has 1 aliphatic heterocycles. The van der Waals surface area contributed by atoms with E-state index in [0.29, 0.717) is 24.2 Å². The van der Waals surface area contributed by atoms with Crippen molar-refractivity contribution in [3.05, 3.63) is 0 Å². The maximum atomic E-state index is 11.9. The van der Waals surface area contributed by atoms with Gasteiger partial charge >= 0.3 is 0 Å². The minimum atomic E-state index is 0.208. The maximum Gasteiger partial charge on any atom is 0.222 e. The number of nitrogens with zero attached hydrogens (tertiary/aromatic N) is 1. The van der Waals surface area contributed by atoms with E-state index in [4.69, 9.17) is 5.73 Å². The first kappa shape index (κ1) is 12.5. The Kier molecular flexibility index (Phi) is 4.58. The molecule has 0 saturated carbocycles. The molecule has 0 aliphatic carbocycles. The highest BCUT2D eigenvalue weighted by Crippen LogP contribution is 2.20. The highest BCUT2D eigenvalue weighted by molar-refractivity contribution is 5.76. The van der Waals surface area contributed by atoms with Gasteiger partial charge < -0.3 is 10.6 Å². The van der Waals surface area contributed by atoms with E-state index in [1.807, 2.05) is 11.8 Å². The van der Waals surface area contributed by atoms with Crippen molar-refractivity contribution in [2.45, 2.75) is 46.1 Å². The molecule has 0 spiro atoms. The van der Waals surface area contributed by atoms with E-state index in [9.17, 15) is 4.79 Å². The third kappa shape index (κ3) is 3.82. The van der Waals surface area contributed by atoms with Gasteiger partial charge in [0.25, 0.3) is 0 Å². The summed E-state index contributed by atoms with van der Waals surface area (Å²) in [7, 11) is 0. The molecule has 2 atom stereocenters. The van der Waals surface area contributed by atoms with Crippen molar-refractivity contribution in [2.75, 3.05) is 13.1 Å². The normalized spacial score (nSPS) is 24.3. The molecule has 1 saturated heterocycles. The van der Waals surface area contributed by atoms with E-state index in [0.717, 1.165) is 19.5 Å². The highest BCUT2D eigenvalue weighted by Gasteiger charge is 2.25. The molecule has 1 fully saturated rings. The van der Waals surface area contributed by atoms with Gasteiger partial charge in [0.1, 0.15) is 0 Å². The van der Waals surface area contributed by atoms with Gasteiger partial charge in [-0.15, -0.1) is 0 Å². The molecule has 1 heterocycles. The van der Waals surface area contributed by atoms with Gasteiger partial charge in [-0.05, 0) is 31.6 Å². The van der Waals surface area contributed by atoms with Crippen molar-refractivity contribution in [3.8, 4) is 0 Å². The summed E-state index contributed by atoms with van der Waals surface area (Å²) in [6.45, 7) is 8.01. The van der Waals surface area contributed by atoms with Crippen LogP contribution in [-0.4, -0.2) is 29.9 Å². The molecular formula is C12H24N2O. The fourth-order valence-electron chi connectivity index (χ4n) is 2.14. The summed E-state index contributed by atoms with van der Waals surface area (Å²) < 4.78 is 0. The lowest BCUT2D eigenvalue weighted by molar-refractivity contribution is -0.133. The monoisotopic (exact) mass is 212 g/mol. The van der Waals surface area contributed by atoms with Gasteiger partial charge in [-0.1, -0.05) is 13.8 Å². The molecule has 88 valence electrons. The summed E-state index contributed by atoms with van der Waals surface area (Å²) >= 11 is 0. The zero-order chi connectivity index (χ0) is 11.4. The van der Waals surface area contributed by atoms with E-state index < -0.39 is 0 Å². The first-order valence-electron chi connectivity index (χ1n) is 6.04. The average Bonchev–Trinajstić information content (AvgIpc) is 2.17. The Bertz CT molecular complexity index is 214. The van der Waals surface area contributed by atoms with Crippen LogP contribution in [0.2, 0.25) is 0 Å². The molecule has 0 aromatic carbocycles. The first-order valence-corrected chi connectivity index (χ1v) is 6.04. The lowest BCUT2D eigenvalue weighted by atomic mass is 9.92. The summed E-state index contributed by atoms with van der Waals surface area (Å²) in [5.74, 6) is 1.25. The molecule has 2 N–H and O–H groups in total. The average molecular weight is 212 g/mol. The van der Waals surface area contributed by atoms with Crippen LogP contribution in [0, 0.1) is 11.8 Å². The maximum absolute atomic E-state index is 11.9. The molecule has 0 bridgehead atoms. The molecule has 1 aliphatic rings. The fraction of sp³-hybridized carbons (Fsp3) is 0.917. The van der Waals surface area contributed by atoms with Crippen molar-refractivity contribution in [2.24, 2.45) is 17.6 Å². The second kappa shape index (κ2) is 5.50. The third-order valence-corrected chi connectivity index (χ3v) is 3.14. The standard InChI is InChI=1S/C12H24N2O/c1-9(2)7-12(15)14-6-4-5-11(8-14)10(3)13/h9-11H,4-8,13H2,1-3H3/t10-,11+/m0/s1. The Morgan fingerprint density at radius 3 is 2.67 bits per heavy atom. The number of nitrogens with two attached hydrogens (primary N) is 1. The smallest absolute Gasteiger partial charge is 0.222 e. The van der Waals surface area contributed by atoms with Gasteiger partial charge in [-0.25, -0.2) is 0 Å². The summed E-state index contributed by atoms with van der Waals surface area (Å²) in [4.78, 5) is 13.9. The number of hydrogen-bond acceptors (Lipinski definition) is 2. The molecule has 3 nitrogen and oxygen atoms in total. The van der Waals surface area contributed by atoms with Crippen LogP contribution in [0.25, 0.3) is 0 Å². The highest BCUT2D eigenvalue weighted by atomic mass is 16.2. The number of rotatable bonds is 3. The Labute approximate surface area is 93.0 Å². The Balaban J connectivity index is 2.45. The van der Waals surface area contributed by atoms with E-state index in [1.54, 1.807) is 0 Å². The molecule has 0 aromatic heterocycles. The molecule has 0 unspecified atom stereocenters. The molecule has 3 heteroatoms. The van der Waals surface area contributed by atoms with E-state index in [1.165, 1.54) is 6.42 Å². The van der Waals surface area contributed by atoms with E-state index >= 15 is 0 Å². The number of likely N-dealkylation sites (tertiary alicyclic amines) is 1. The second-order valence-electron chi connectivity index (χ2n) is 5.20. The number of carbonyl (C=O) groups is 1. The van der Waals surface area contributed by atoms with Crippen molar-refractivity contribution in [3.63, 3.8) is 0 Å². The second-order valence-corrected chi connectivity index (χ2v) is 5.20. The first-order chi connectivity index (χ1) is 7.00. The van der Waals surface area contributed by atoms with Crippen molar-refractivity contribution >= 4 is 5.91 Å². The van der Waals surface area contributed by atoms with Gasteiger partial charge in [-0.3, -0.25) is 4.79 Å². The zero-order valence-corrected chi connectivity index (χ0v) is 10.2. The minimum absolute atomic E-state index is 0.208. The Morgan fingerprint density at radius 2 is 2.13 bits per heavy atom. The molecule has 1 rings (SSSR count). The summed E-state index contributed by atoms with van der Waals surface area (Å²) in [6.07, 6.45) is 2.95. The summed E-state index contributed by atoms with van der Waals surface area (Å²) in [6, 6.07) is 0.208. The van der Waals surface area contributed by atoms with Crippen molar-refractivity contribution < 1.29 is 4.79 Å². The molecule has 0 radical (unpaired) electrons. The van der Waals surface area contributed by atoms with Crippen LogP contribution in [0.15, 0.2) is 0 Å². The number of hydrogen-bond donors (Lipinski definition) is 1. The zero-order valence-electron chi connectivity index (χ0n) is 10.2. The SMILES string of the molecule is CC(C)CC(=O)N1CCC[C@@H]([C@H](C)N)C1. The number of amides is 1. The molecule has 15 heavy (non-hydrogen) atoms. The molecule has 1 amide bonds. The predicted molar refractivity (Wildman–Crippen MR) is 62.4 cm³/mol. The predicted octanol–water partition coefficient (Wildman–Crippen LogP) is 1.62.